The molecule has 0 fully saturated rings. The molecule has 7 heteroatoms. The molecule has 2 heterocycles. The average molecular weight is 355 g/mol. The van der Waals surface area contributed by atoms with Crippen LogP contribution in [0.1, 0.15) is 16.8 Å². The molecule has 4 rings (SSSR count). The van der Waals surface area contributed by atoms with Crippen molar-refractivity contribution in [1.29, 1.82) is 0 Å². The molecule has 1 aliphatic rings. The van der Waals surface area contributed by atoms with Crippen LogP contribution in [0.25, 0.3) is 11.0 Å². The maximum Gasteiger partial charge on any atom is 0.247 e. The Kier molecular flexibility index (Phi) is 3.69. The highest BCUT2D eigenvalue weighted by Crippen LogP contribution is 2.26. The van der Waals surface area contributed by atoms with E-state index >= 15 is 0 Å². The summed E-state index contributed by atoms with van der Waals surface area (Å²) in [5, 5.41) is 6.41. The highest BCUT2D eigenvalue weighted by atomic mass is 35.5. The second kappa shape index (κ2) is 5.89. The zero-order valence-corrected chi connectivity index (χ0v) is 14.2. The van der Waals surface area contributed by atoms with E-state index in [1.807, 2.05) is 37.3 Å². The van der Waals surface area contributed by atoms with E-state index in [1.54, 1.807) is 12.1 Å². The SMILES string of the molecule is Cc1ccc(NC(=O)[C@@H]2CC(=O)n3c(nc4ccccc43)N2)cc1Cl. The van der Waals surface area contributed by atoms with E-state index in [2.05, 4.69) is 15.6 Å². The molecule has 0 unspecified atom stereocenters. The van der Waals surface area contributed by atoms with Crippen LogP contribution in [0.3, 0.4) is 0 Å². The standard InChI is InChI=1S/C18H15ClN4O2/c1-10-6-7-11(8-12(10)19)20-17(25)14-9-16(24)23-15-5-3-2-4-13(15)21-18(23)22-14/h2-8,14H,9H2,1H3,(H,20,25)(H,21,22)/t14-/m0/s1. The van der Waals surface area contributed by atoms with Crippen LogP contribution in [-0.4, -0.2) is 27.4 Å². The van der Waals surface area contributed by atoms with Crippen LogP contribution in [0.4, 0.5) is 11.6 Å². The summed E-state index contributed by atoms with van der Waals surface area (Å²) in [6.45, 7) is 1.89. The first kappa shape index (κ1) is 15.7. The van der Waals surface area contributed by atoms with Gasteiger partial charge < -0.3 is 10.6 Å². The van der Waals surface area contributed by atoms with E-state index in [1.165, 1.54) is 4.57 Å². The van der Waals surface area contributed by atoms with Crippen LogP contribution in [0.15, 0.2) is 42.5 Å². The number of benzene rings is 2. The van der Waals surface area contributed by atoms with E-state index in [0.29, 0.717) is 22.2 Å². The molecule has 1 aliphatic heterocycles. The Labute approximate surface area is 148 Å². The second-order valence-electron chi connectivity index (χ2n) is 6.01. The molecule has 1 atom stereocenters. The van der Waals surface area contributed by atoms with Crippen LogP contribution in [0.2, 0.25) is 5.02 Å². The van der Waals surface area contributed by atoms with Gasteiger partial charge in [-0.05, 0) is 36.8 Å². The summed E-state index contributed by atoms with van der Waals surface area (Å²) in [5.74, 6) is -0.0735. The van der Waals surface area contributed by atoms with Crippen molar-refractivity contribution in [2.45, 2.75) is 19.4 Å². The maximum absolute atomic E-state index is 12.5. The lowest BCUT2D eigenvalue weighted by atomic mass is 10.1. The van der Waals surface area contributed by atoms with E-state index in [4.69, 9.17) is 11.6 Å². The molecule has 0 saturated carbocycles. The number of aryl methyl sites for hydroxylation is 1. The highest BCUT2D eigenvalue weighted by molar-refractivity contribution is 6.31. The fourth-order valence-electron chi connectivity index (χ4n) is 2.91. The number of hydrogen-bond acceptors (Lipinski definition) is 4. The third kappa shape index (κ3) is 2.74. The normalized spacial score (nSPS) is 16.4. The number of imidazole rings is 1. The van der Waals surface area contributed by atoms with Gasteiger partial charge in [-0.2, -0.15) is 0 Å². The summed E-state index contributed by atoms with van der Waals surface area (Å²) in [5.41, 5.74) is 2.97. The fourth-order valence-corrected chi connectivity index (χ4v) is 3.09. The Hall–Kier alpha value is -2.86. The largest absolute Gasteiger partial charge is 0.343 e. The van der Waals surface area contributed by atoms with Gasteiger partial charge in [0.15, 0.2) is 0 Å². The first-order valence-corrected chi connectivity index (χ1v) is 8.25. The summed E-state index contributed by atoms with van der Waals surface area (Å²) >= 11 is 6.08. The molecule has 1 amide bonds. The lowest BCUT2D eigenvalue weighted by molar-refractivity contribution is -0.117. The van der Waals surface area contributed by atoms with Crippen LogP contribution < -0.4 is 10.6 Å². The maximum atomic E-state index is 12.5. The van der Waals surface area contributed by atoms with Crippen molar-refractivity contribution in [3.8, 4) is 0 Å². The number of anilines is 2. The Balaban J connectivity index is 1.59. The number of carbonyl (C=O) groups excluding carboxylic acids is 2. The van der Waals surface area contributed by atoms with Crippen LogP contribution >= 0.6 is 11.6 Å². The van der Waals surface area contributed by atoms with Crippen molar-refractivity contribution >= 4 is 46.1 Å². The van der Waals surface area contributed by atoms with E-state index < -0.39 is 6.04 Å². The number of aromatic nitrogens is 2. The number of hydrogen-bond donors (Lipinski definition) is 2. The smallest absolute Gasteiger partial charge is 0.247 e. The molecule has 2 N–H and O–H groups in total. The van der Waals surface area contributed by atoms with Crippen molar-refractivity contribution in [1.82, 2.24) is 9.55 Å². The predicted molar refractivity (Wildman–Crippen MR) is 97.2 cm³/mol. The summed E-state index contributed by atoms with van der Waals surface area (Å²) in [6, 6.07) is 12.0. The lowest BCUT2D eigenvalue weighted by Gasteiger charge is -2.23. The van der Waals surface area contributed by atoms with Crippen molar-refractivity contribution in [2.75, 3.05) is 10.6 Å². The number of amides is 1. The molecule has 0 spiro atoms. The van der Waals surface area contributed by atoms with Crippen LogP contribution in [0.5, 0.6) is 0 Å². The molecule has 0 aliphatic carbocycles. The van der Waals surface area contributed by atoms with Gasteiger partial charge in [0.05, 0.1) is 17.5 Å². The van der Waals surface area contributed by atoms with Crippen LogP contribution in [0, 0.1) is 6.92 Å². The van der Waals surface area contributed by atoms with E-state index in [0.717, 1.165) is 11.1 Å². The Morgan fingerprint density at radius 2 is 2.12 bits per heavy atom. The summed E-state index contributed by atoms with van der Waals surface area (Å²) in [7, 11) is 0. The molecule has 1 aromatic heterocycles. The zero-order chi connectivity index (χ0) is 17.6. The Morgan fingerprint density at radius 3 is 2.92 bits per heavy atom. The van der Waals surface area contributed by atoms with Gasteiger partial charge in [-0.3, -0.25) is 9.59 Å². The number of halogens is 1. The van der Waals surface area contributed by atoms with Gasteiger partial charge in [-0.15, -0.1) is 0 Å². The average Bonchev–Trinajstić information content (AvgIpc) is 2.97. The molecule has 2 aromatic carbocycles. The molecule has 3 aromatic rings. The quantitative estimate of drug-likeness (QED) is 0.739. The second-order valence-corrected chi connectivity index (χ2v) is 6.41. The molecular formula is C18H15ClN4O2. The number of nitrogens with one attached hydrogen (secondary N) is 2. The highest BCUT2D eigenvalue weighted by Gasteiger charge is 2.31. The number of fused-ring (bicyclic) bond motifs is 3. The molecule has 0 bridgehead atoms. The van der Waals surface area contributed by atoms with Crippen molar-refractivity contribution in [2.24, 2.45) is 0 Å². The van der Waals surface area contributed by atoms with Gasteiger partial charge in [-0.1, -0.05) is 29.8 Å². The van der Waals surface area contributed by atoms with Gasteiger partial charge in [0.1, 0.15) is 6.04 Å². The first-order chi connectivity index (χ1) is 12.0. The number of carbonyl (C=O) groups is 2. The minimum Gasteiger partial charge on any atom is -0.343 e. The summed E-state index contributed by atoms with van der Waals surface area (Å²) in [6.07, 6.45) is 0.0543. The van der Waals surface area contributed by atoms with Crippen molar-refractivity contribution in [3.63, 3.8) is 0 Å². The van der Waals surface area contributed by atoms with Gasteiger partial charge in [0, 0.05) is 10.7 Å². The third-order valence-electron chi connectivity index (χ3n) is 4.25. The lowest BCUT2D eigenvalue weighted by Crippen LogP contribution is -2.42. The van der Waals surface area contributed by atoms with Crippen molar-refractivity contribution in [3.05, 3.63) is 53.1 Å². The molecule has 0 radical (unpaired) electrons. The van der Waals surface area contributed by atoms with Crippen molar-refractivity contribution < 1.29 is 9.59 Å². The Morgan fingerprint density at radius 1 is 1.32 bits per heavy atom. The number of nitrogens with zero attached hydrogens (tertiary/aromatic N) is 2. The fraction of sp³-hybridized carbons (Fsp3) is 0.167. The van der Waals surface area contributed by atoms with Gasteiger partial charge in [0.2, 0.25) is 17.8 Å². The minimum atomic E-state index is -0.683. The molecule has 126 valence electrons. The van der Waals surface area contributed by atoms with E-state index in [9.17, 15) is 9.59 Å². The third-order valence-corrected chi connectivity index (χ3v) is 4.66. The number of para-hydroxylation sites is 2. The van der Waals surface area contributed by atoms with Gasteiger partial charge in [-0.25, -0.2) is 9.55 Å². The van der Waals surface area contributed by atoms with Crippen LogP contribution in [-0.2, 0) is 4.79 Å². The Bertz CT molecular complexity index is 1010. The minimum absolute atomic E-state index is 0.0543. The number of rotatable bonds is 2. The topological polar surface area (TPSA) is 76.0 Å². The molecule has 25 heavy (non-hydrogen) atoms. The van der Waals surface area contributed by atoms with Gasteiger partial charge >= 0.3 is 0 Å². The first-order valence-electron chi connectivity index (χ1n) is 7.87. The molecule has 0 saturated heterocycles. The molecular weight excluding hydrogens is 340 g/mol. The summed E-state index contributed by atoms with van der Waals surface area (Å²) < 4.78 is 1.52. The van der Waals surface area contributed by atoms with E-state index in [-0.39, 0.29) is 18.2 Å². The summed E-state index contributed by atoms with van der Waals surface area (Å²) in [4.78, 5) is 29.4. The van der Waals surface area contributed by atoms with Gasteiger partial charge in [0.25, 0.3) is 0 Å². The monoisotopic (exact) mass is 354 g/mol. The molecule has 6 nitrogen and oxygen atoms in total. The predicted octanol–water partition coefficient (Wildman–Crippen LogP) is 3.46. The zero-order valence-electron chi connectivity index (χ0n) is 13.4.